The molecule has 36 heavy (non-hydrogen) atoms. The van der Waals surface area contributed by atoms with Crippen LogP contribution in [-0.2, 0) is 10.0 Å². The van der Waals surface area contributed by atoms with E-state index in [0.717, 1.165) is 12.8 Å². The molecule has 3 aromatic rings. The fraction of sp³-hybridized carbons (Fsp3) is 0.400. The van der Waals surface area contributed by atoms with E-state index in [1.165, 1.54) is 27.1 Å². The van der Waals surface area contributed by atoms with Crippen LogP contribution in [0.25, 0.3) is 17.1 Å². The van der Waals surface area contributed by atoms with Gasteiger partial charge in [0.1, 0.15) is 11.5 Å². The Morgan fingerprint density at radius 2 is 1.61 bits per heavy atom. The molecule has 0 spiro atoms. The SMILES string of the molecule is CC(C)NC(=O)c1nnc(-c2cc(C(C)C)c(O)cc2O)n1-c1ccc(S(=O)(=O)N2CCCC2)cc1. The van der Waals surface area contributed by atoms with Gasteiger partial charge in [0.15, 0.2) is 5.82 Å². The highest BCUT2D eigenvalue weighted by molar-refractivity contribution is 7.89. The molecule has 0 radical (unpaired) electrons. The van der Waals surface area contributed by atoms with E-state index in [9.17, 15) is 23.4 Å². The summed E-state index contributed by atoms with van der Waals surface area (Å²) in [5, 5.41) is 32.0. The largest absolute Gasteiger partial charge is 0.508 e. The summed E-state index contributed by atoms with van der Waals surface area (Å²) in [6.07, 6.45) is 1.67. The smallest absolute Gasteiger partial charge is 0.289 e. The van der Waals surface area contributed by atoms with Gasteiger partial charge in [-0.1, -0.05) is 13.8 Å². The highest BCUT2D eigenvalue weighted by Gasteiger charge is 2.28. The van der Waals surface area contributed by atoms with Gasteiger partial charge in [0.05, 0.1) is 10.5 Å². The minimum Gasteiger partial charge on any atom is -0.508 e. The maximum atomic E-state index is 13.0. The van der Waals surface area contributed by atoms with Crippen LogP contribution in [0.3, 0.4) is 0 Å². The Labute approximate surface area is 210 Å². The fourth-order valence-corrected chi connectivity index (χ4v) is 5.77. The van der Waals surface area contributed by atoms with Crippen molar-refractivity contribution in [2.24, 2.45) is 0 Å². The van der Waals surface area contributed by atoms with Crippen molar-refractivity contribution in [3.05, 3.63) is 47.8 Å². The molecule has 2 aromatic carbocycles. The van der Waals surface area contributed by atoms with E-state index in [0.29, 0.717) is 24.3 Å². The second kappa shape index (κ2) is 9.90. The lowest BCUT2D eigenvalue weighted by Gasteiger charge is -2.17. The molecule has 192 valence electrons. The number of amides is 1. The molecule has 0 saturated carbocycles. The van der Waals surface area contributed by atoms with Crippen molar-refractivity contribution in [1.82, 2.24) is 24.4 Å². The van der Waals surface area contributed by atoms with Crippen molar-refractivity contribution in [2.75, 3.05) is 13.1 Å². The lowest BCUT2D eigenvalue weighted by atomic mass is 9.98. The van der Waals surface area contributed by atoms with Gasteiger partial charge in [-0.25, -0.2) is 8.42 Å². The monoisotopic (exact) mass is 513 g/mol. The summed E-state index contributed by atoms with van der Waals surface area (Å²) in [7, 11) is -3.61. The van der Waals surface area contributed by atoms with Crippen LogP contribution in [0.1, 0.15) is 62.6 Å². The molecule has 0 unspecified atom stereocenters. The standard InChI is InChI=1S/C25H31N5O5S/c1-15(2)19-13-20(22(32)14-21(19)31)23-27-28-24(25(33)26-16(3)4)30(23)17-7-9-18(10-8-17)36(34,35)29-11-5-6-12-29/h7-10,13-16,31-32H,5-6,11-12H2,1-4H3,(H,26,33). The van der Waals surface area contributed by atoms with Crippen LogP contribution in [0.15, 0.2) is 41.3 Å². The minimum absolute atomic E-state index is 0.0209. The van der Waals surface area contributed by atoms with E-state index in [1.54, 1.807) is 18.2 Å². The van der Waals surface area contributed by atoms with Crippen LogP contribution in [0.2, 0.25) is 0 Å². The van der Waals surface area contributed by atoms with Gasteiger partial charge in [0, 0.05) is 30.9 Å². The first-order valence-corrected chi connectivity index (χ1v) is 13.4. The molecular formula is C25H31N5O5S. The number of aromatic nitrogens is 3. The zero-order valence-electron chi connectivity index (χ0n) is 20.8. The number of phenolic OH excluding ortho intramolecular Hbond substituents is 2. The topological polar surface area (TPSA) is 138 Å². The molecule has 2 heterocycles. The van der Waals surface area contributed by atoms with Crippen LogP contribution in [0, 0.1) is 0 Å². The van der Waals surface area contributed by atoms with E-state index in [4.69, 9.17) is 0 Å². The summed E-state index contributed by atoms with van der Waals surface area (Å²) < 4.78 is 28.9. The number of sulfonamides is 1. The molecule has 1 fully saturated rings. The molecule has 0 aliphatic carbocycles. The van der Waals surface area contributed by atoms with Crippen LogP contribution >= 0.6 is 0 Å². The second-order valence-electron chi connectivity index (χ2n) is 9.50. The first-order chi connectivity index (χ1) is 17.0. The molecule has 1 aromatic heterocycles. The predicted molar refractivity (Wildman–Crippen MR) is 135 cm³/mol. The van der Waals surface area contributed by atoms with Gasteiger partial charge in [-0.2, -0.15) is 4.31 Å². The molecule has 11 heteroatoms. The molecule has 4 rings (SSSR count). The molecular weight excluding hydrogens is 482 g/mol. The lowest BCUT2D eigenvalue weighted by Crippen LogP contribution is -2.32. The summed E-state index contributed by atoms with van der Waals surface area (Å²) in [6.45, 7) is 8.44. The van der Waals surface area contributed by atoms with Gasteiger partial charge in [-0.3, -0.25) is 9.36 Å². The van der Waals surface area contributed by atoms with Gasteiger partial charge >= 0.3 is 0 Å². The quantitative estimate of drug-likeness (QED) is 0.440. The summed E-state index contributed by atoms with van der Waals surface area (Å²) in [4.78, 5) is 13.1. The highest BCUT2D eigenvalue weighted by Crippen LogP contribution is 2.38. The first-order valence-electron chi connectivity index (χ1n) is 11.9. The number of carbonyl (C=O) groups is 1. The molecule has 1 aliphatic rings. The molecule has 1 aliphatic heterocycles. The van der Waals surface area contributed by atoms with Crippen molar-refractivity contribution < 1.29 is 23.4 Å². The van der Waals surface area contributed by atoms with E-state index >= 15 is 0 Å². The minimum atomic E-state index is -3.61. The number of hydrogen-bond acceptors (Lipinski definition) is 7. The summed E-state index contributed by atoms with van der Waals surface area (Å²) >= 11 is 0. The Hall–Kier alpha value is -3.44. The highest BCUT2D eigenvalue weighted by atomic mass is 32.2. The van der Waals surface area contributed by atoms with E-state index in [2.05, 4.69) is 15.5 Å². The number of carbonyl (C=O) groups excluding carboxylic acids is 1. The number of aromatic hydroxyl groups is 2. The van der Waals surface area contributed by atoms with Crippen LogP contribution in [0.5, 0.6) is 11.5 Å². The predicted octanol–water partition coefficient (Wildman–Crippen LogP) is 3.39. The van der Waals surface area contributed by atoms with Crippen molar-refractivity contribution in [1.29, 1.82) is 0 Å². The van der Waals surface area contributed by atoms with Gasteiger partial charge in [-0.15, -0.1) is 10.2 Å². The van der Waals surface area contributed by atoms with Crippen molar-refractivity contribution in [3.8, 4) is 28.6 Å². The lowest BCUT2D eigenvalue weighted by molar-refractivity contribution is 0.0930. The summed E-state index contributed by atoms with van der Waals surface area (Å²) in [5.41, 5.74) is 1.32. The maximum Gasteiger partial charge on any atom is 0.289 e. The third kappa shape index (κ3) is 4.80. The zero-order valence-corrected chi connectivity index (χ0v) is 21.6. The Morgan fingerprint density at radius 3 is 2.19 bits per heavy atom. The van der Waals surface area contributed by atoms with Crippen LogP contribution in [-0.4, -0.2) is 62.7 Å². The third-order valence-electron chi connectivity index (χ3n) is 6.09. The first kappa shape index (κ1) is 25.6. The molecule has 0 atom stereocenters. The fourth-order valence-electron chi connectivity index (χ4n) is 4.26. The third-order valence-corrected chi connectivity index (χ3v) is 8.00. The number of phenols is 2. The van der Waals surface area contributed by atoms with Crippen molar-refractivity contribution >= 4 is 15.9 Å². The number of benzene rings is 2. The number of nitrogens with zero attached hydrogens (tertiary/aromatic N) is 4. The average Bonchev–Trinajstić information content (AvgIpc) is 3.49. The van der Waals surface area contributed by atoms with Gasteiger partial charge in [-0.05, 0) is 68.5 Å². The molecule has 1 saturated heterocycles. The van der Waals surface area contributed by atoms with E-state index in [1.807, 2.05) is 27.7 Å². The normalized spacial score (nSPS) is 14.6. The molecule has 10 nitrogen and oxygen atoms in total. The maximum absolute atomic E-state index is 13.0. The summed E-state index contributed by atoms with van der Waals surface area (Å²) in [5.74, 6) is -0.633. The molecule has 3 N–H and O–H groups in total. The Bertz CT molecular complexity index is 1370. The Kier molecular flexibility index (Phi) is 7.05. The van der Waals surface area contributed by atoms with Crippen LogP contribution < -0.4 is 5.32 Å². The molecule has 1 amide bonds. The van der Waals surface area contributed by atoms with Gasteiger partial charge in [0.25, 0.3) is 5.91 Å². The Balaban J connectivity index is 1.85. The zero-order chi connectivity index (χ0) is 26.2. The molecule has 0 bridgehead atoms. The van der Waals surface area contributed by atoms with Gasteiger partial charge in [0.2, 0.25) is 15.8 Å². The number of hydrogen-bond donors (Lipinski definition) is 3. The second-order valence-corrected chi connectivity index (χ2v) is 11.4. The summed E-state index contributed by atoms with van der Waals surface area (Å²) in [6, 6.07) is 8.86. The van der Waals surface area contributed by atoms with E-state index in [-0.39, 0.29) is 45.6 Å². The van der Waals surface area contributed by atoms with Gasteiger partial charge < -0.3 is 15.5 Å². The van der Waals surface area contributed by atoms with Crippen molar-refractivity contribution in [2.45, 2.75) is 57.4 Å². The van der Waals surface area contributed by atoms with E-state index < -0.39 is 15.9 Å². The van der Waals surface area contributed by atoms with Crippen LogP contribution in [0.4, 0.5) is 0 Å². The average molecular weight is 514 g/mol. The number of rotatable bonds is 7. The number of nitrogens with one attached hydrogen (secondary N) is 1. The van der Waals surface area contributed by atoms with Crippen molar-refractivity contribution in [3.63, 3.8) is 0 Å². The Morgan fingerprint density at radius 1 is 0.972 bits per heavy atom.